The van der Waals surface area contributed by atoms with Crippen molar-refractivity contribution in [3.8, 4) is 5.75 Å². The largest absolute Gasteiger partial charge is 0.497 e. The predicted molar refractivity (Wildman–Crippen MR) is 76.1 cm³/mol. The molecule has 100 valence electrons. The number of hydrogen-bond acceptors (Lipinski definition) is 3. The highest BCUT2D eigenvalue weighted by molar-refractivity contribution is 5.56. The lowest BCUT2D eigenvalue weighted by molar-refractivity contribution is 0.414. The molecular formula is C15H24N2O. The van der Waals surface area contributed by atoms with Gasteiger partial charge in [-0.2, -0.15) is 0 Å². The first-order valence-electron chi connectivity index (χ1n) is 6.82. The summed E-state index contributed by atoms with van der Waals surface area (Å²) < 4.78 is 5.31. The van der Waals surface area contributed by atoms with Crippen molar-refractivity contribution in [2.24, 2.45) is 11.7 Å². The third kappa shape index (κ3) is 2.96. The van der Waals surface area contributed by atoms with Crippen molar-refractivity contribution in [3.63, 3.8) is 0 Å². The number of hydrogen-bond donors (Lipinski definition) is 1. The number of rotatable bonds is 5. The fourth-order valence-electron chi connectivity index (χ4n) is 2.88. The van der Waals surface area contributed by atoms with E-state index in [1.54, 1.807) is 7.11 Å². The molecule has 0 aromatic heterocycles. The quantitative estimate of drug-likeness (QED) is 0.871. The zero-order chi connectivity index (χ0) is 13.0. The van der Waals surface area contributed by atoms with Crippen molar-refractivity contribution in [3.05, 3.63) is 23.8 Å². The maximum Gasteiger partial charge on any atom is 0.120 e. The van der Waals surface area contributed by atoms with E-state index in [-0.39, 0.29) is 0 Å². The molecule has 0 bridgehead atoms. The Kier molecular flexibility index (Phi) is 4.48. The Hall–Kier alpha value is -1.22. The molecule has 0 saturated heterocycles. The van der Waals surface area contributed by atoms with Crippen LogP contribution >= 0.6 is 0 Å². The van der Waals surface area contributed by atoms with Crippen molar-refractivity contribution in [1.82, 2.24) is 0 Å². The molecule has 18 heavy (non-hydrogen) atoms. The van der Waals surface area contributed by atoms with Crippen molar-refractivity contribution in [2.45, 2.75) is 32.2 Å². The minimum absolute atomic E-state index is 0.578. The Balaban J connectivity index is 2.13. The second kappa shape index (κ2) is 6.10. The van der Waals surface area contributed by atoms with Gasteiger partial charge in [0.1, 0.15) is 5.75 Å². The number of benzene rings is 1. The third-order valence-electron chi connectivity index (χ3n) is 3.93. The molecule has 0 amide bonds. The van der Waals surface area contributed by atoms with Gasteiger partial charge in [0.2, 0.25) is 0 Å². The van der Waals surface area contributed by atoms with E-state index >= 15 is 0 Å². The molecule has 1 aromatic carbocycles. The number of methoxy groups -OCH3 is 1. The summed E-state index contributed by atoms with van der Waals surface area (Å²) in [7, 11) is 3.87. The van der Waals surface area contributed by atoms with Gasteiger partial charge in [-0.15, -0.1) is 0 Å². The van der Waals surface area contributed by atoms with Crippen molar-refractivity contribution in [2.75, 3.05) is 25.6 Å². The molecule has 0 spiro atoms. The van der Waals surface area contributed by atoms with Crippen molar-refractivity contribution < 1.29 is 4.74 Å². The van der Waals surface area contributed by atoms with E-state index in [0.29, 0.717) is 6.54 Å². The first-order chi connectivity index (χ1) is 8.74. The Morgan fingerprint density at radius 2 is 2.06 bits per heavy atom. The molecule has 2 rings (SSSR count). The van der Waals surface area contributed by atoms with Gasteiger partial charge < -0.3 is 15.4 Å². The van der Waals surface area contributed by atoms with Crippen LogP contribution in [0.25, 0.3) is 0 Å². The van der Waals surface area contributed by atoms with Crippen LogP contribution in [0.5, 0.6) is 5.75 Å². The lowest BCUT2D eigenvalue weighted by Gasteiger charge is -2.25. The van der Waals surface area contributed by atoms with Crippen LogP contribution in [0.1, 0.15) is 31.2 Å². The first-order valence-corrected chi connectivity index (χ1v) is 6.82. The van der Waals surface area contributed by atoms with Gasteiger partial charge in [-0.1, -0.05) is 18.9 Å². The average Bonchev–Trinajstić information content (AvgIpc) is 2.90. The van der Waals surface area contributed by atoms with Crippen LogP contribution in [-0.2, 0) is 6.54 Å². The maximum atomic E-state index is 5.82. The first kappa shape index (κ1) is 13.2. The number of anilines is 1. The monoisotopic (exact) mass is 248 g/mol. The van der Waals surface area contributed by atoms with E-state index < -0.39 is 0 Å². The van der Waals surface area contributed by atoms with Gasteiger partial charge >= 0.3 is 0 Å². The van der Waals surface area contributed by atoms with Crippen LogP contribution in [0.3, 0.4) is 0 Å². The molecule has 0 atom stereocenters. The van der Waals surface area contributed by atoms with Crippen LogP contribution in [0.15, 0.2) is 18.2 Å². The molecular weight excluding hydrogens is 224 g/mol. The van der Waals surface area contributed by atoms with Gasteiger partial charge in [0.25, 0.3) is 0 Å². The molecule has 1 aliphatic rings. The minimum atomic E-state index is 0.578. The van der Waals surface area contributed by atoms with Crippen LogP contribution in [0, 0.1) is 5.92 Å². The fourth-order valence-corrected chi connectivity index (χ4v) is 2.88. The highest BCUT2D eigenvalue weighted by atomic mass is 16.5. The van der Waals surface area contributed by atoms with Gasteiger partial charge in [-0.3, -0.25) is 0 Å². The summed E-state index contributed by atoms with van der Waals surface area (Å²) in [5.41, 5.74) is 8.22. The normalized spacial score (nSPS) is 15.9. The lowest BCUT2D eigenvalue weighted by atomic mass is 10.1. The molecule has 1 aliphatic carbocycles. The second-order valence-electron chi connectivity index (χ2n) is 5.23. The number of ether oxygens (including phenoxy) is 1. The van der Waals surface area contributed by atoms with Crippen LogP contribution in [-0.4, -0.2) is 20.7 Å². The summed E-state index contributed by atoms with van der Waals surface area (Å²) in [5.74, 6) is 1.74. The SMILES string of the molecule is COc1ccc(CN)c(N(C)CC2CCCC2)c1. The van der Waals surface area contributed by atoms with E-state index in [9.17, 15) is 0 Å². The molecule has 2 N–H and O–H groups in total. The van der Waals surface area contributed by atoms with Crippen LogP contribution < -0.4 is 15.4 Å². The summed E-state index contributed by atoms with van der Waals surface area (Å²) in [4.78, 5) is 2.33. The lowest BCUT2D eigenvalue weighted by Crippen LogP contribution is -2.25. The van der Waals surface area contributed by atoms with E-state index in [4.69, 9.17) is 10.5 Å². The molecule has 1 fully saturated rings. The van der Waals surface area contributed by atoms with E-state index in [1.807, 2.05) is 6.07 Å². The Morgan fingerprint density at radius 1 is 1.33 bits per heavy atom. The standard InChI is InChI=1S/C15H24N2O/c1-17(11-12-5-3-4-6-12)15-9-14(18-2)8-7-13(15)10-16/h7-9,12H,3-6,10-11,16H2,1-2H3. The molecule has 0 radical (unpaired) electrons. The molecule has 3 nitrogen and oxygen atoms in total. The van der Waals surface area contributed by atoms with E-state index in [0.717, 1.165) is 18.2 Å². The van der Waals surface area contributed by atoms with Gasteiger partial charge in [0.15, 0.2) is 0 Å². The molecule has 0 heterocycles. The molecule has 1 aromatic rings. The second-order valence-corrected chi connectivity index (χ2v) is 5.23. The number of nitrogens with zero attached hydrogens (tertiary/aromatic N) is 1. The van der Waals surface area contributed by atoms with E-state index in [1.165, 1.54) is 36.9 Å². The topological polar surface area (TPSA) is 38.5 Å². The van der Waals surface area contributed by atoms with Crippen LogP contribution in [0.2, 0.25) is 0 Å². The van der Waals surface area contributed by atoms with Gasteiger partial charge in [-0.25, -0.2) is 0 Å². The minimum Gasteiger partial charge on any atom is -0.497 e. The highest BCUT2D eigenvalue weighted by Crippen LogP contribution is 2.30. The van der Waals surface area contributed by atoms with E-state index in [2.05, 4.69) is 24.1 Å². The zero-order valence-corrected chi connectivity index (χ0v) is 11.5. The molecule has 3 heteroatoms. The number of nitrogens with two attached hydrogens (primary N) is 1. The fraction of sp³-hybridized carbons (Fsp3) is 0.600. The zero-order valence-electron chi connectivity index (χ0n) is 11.5. The molecule has 0 aliphatic heterocycles. The van der Waals surface area contributed by atoms with Crippen molar-refractivity contribution >= 4 is 5.69 Å². The predicted octanol–water partition coefficient (Wildman–Crippen LogP) is 2.78. The Bertz CT molecular complexity index is 386. The Labute approximate surface area is 110 Å². The van der Waals surface area contributed by atoms with Crippen molar-refractivity contribution in [1.29, 1.82) is 0 Å². The highest BCUT2D eigenvalue weighted by Gasteiger charge is 2.18. The van der Waals surface area contributed by atoms with Gasteiger partial charge in [-0.05, 0) is 30.4 Å². The average molecular weight is 248 g/mol. The van der Waals surface area contributed by atoms with Gasteiger partial charge in [0.05, 0.1) is 7.11 Å². The van der Waals surface area contributed by atoms with Crippen LogP contribution in [0.4, 0.5) is 5.69 Å². The molecule has 0 unspecified atom stereocenters. The maximum absolute atomic E-state index is 5.82. The summed E-state index contributed by atoms with van der Waals surface area (Å²) in [6, 6.07) is 6.14. The van der Waals surface area contributed by atoms with Gasteiger partial charge in [0, 0.05) is 31.9 Å². The molecule has 1 saturated carbocycles. The smallest absolute Gasteiger partial charge is 0.120 e. The summed E-state index contributed by atoms with van der Waals surface area (Å²) in [5, 5.41) is 0. The Morgan fingerprint density at radius 3 is 2.67 bits per heavy atom. The summed E-state index contributed by atoms with van der Waals surface area (Å²) >= 11 is 0. The summed E-state index contributed by atoms with van der Waals surface area (Å²) in [6.07, 6.45) is 5.51. The third-order valence-corrected chi connectivity index (χ3v) is 3.93. The summed E-state index contributed by atoms with van der Waals surface area (Å²) in [6.45, 7) is 1.70.